The lowest BCUT2D eigenvalue weighted by molar-refractivity contribution is 1.04. The van der Waals surface area contributed by atoms with Crippen LogP contribution in [-0.2, 0) is 6.42 Å². The molecule has 0 atom stereocenters. The van der Waals surface area contributed by atoms with E-state index < -0.39 is 0 Å². The predicted molar refractivity (Wildman–Crippen MR) is 83.1 cm³/mol. The second-order valence-electron chi connectivity index (χ2n) is 3.66. The zero-order chi connectivity index (χ0) is 13.0. The van der Waals surface area contributed by atoms with Gasteiger partial charge in [-0.15, -0.1) is 11.3 Å². The number of hydrogen-bond acceptors (Lipinski definition) is 3. The molecule has 0 spiro atoms. The van der Waals surface area contributed by atoms with Crippen molar-refractivity contribution in [2.24, 2.45) is 0 Å². The number of anilines is 1. The van der Waals surface area contributed by atoms with Gasteiger partial charge in [0.15, 0.2) is 0 Å². The maximum atomic E-state index is 9.09. The van der Waals surface area contributed by atoms with Crippen LogP contribution in [0.5, 0.6) is 0 Å². The minimum atomic E-state index is 0.657. The molecule has 5 heteroatoms. The normalized spacial score (nSPS) is 10.1. The fourth-order valence-electron chi connectivity index (χ4n) is 1.59. The van der Waals surface area contributed by atoms with Crippen molar-refractivity contribution in [2.45, 2.75) is 6.42 Å². The average Bonchev–Trinajstić information content (AvgIpc) is 2.75. The fourth-order valence-corrected chi connectivity index (χ4v) is 3.53. The predicted octanol–water partition coefficient (Wildman–Crippen LogP) is 4.80. The van der Waals surface area contributed by atoms with Crippen LogP contribution in [0, 0.1) is 11.3 Å². The minimum Gasteiger partial charge on any atom is -0.384 e. The monoisotopic (exact) mass is 384 g/mol. The standard InChI is InChI=1S/C13H10Br2N2S/c14-11-2-1-3-12(10(11)8-16)17-7-6-9-4-5-13(15)18-9/h1-5,17H,6-7H2. The zero-order valence-corrected chi connectivity index (χ0v) is 13.4. The summed E-state index contributed by atoms with van der Waals surface area (Å²) in [6, 6.07) is 12.1. The van der Waals surface area contributed by atoms with E-state index in [0.717, 1.165) is 26.9 Å². The number of rotatable bonds is 4. The molecule has 0 amide bonds. The Morgan fingerprint density at radius 3 is 2.72 bits per heavy atom. The molecule has 2 aromatic rings. The molecule has 92 valence electrons. The van der Waals surface area contributed by atoms with E-state index in [-0.39, 0.29) is 0 Å². The number of benzene rings is 1. The molecule has 1 N–H and O–H groups in total. The van der Waals surface area contributed by atoms with Gasteiger partial charge < -0.3 is 5.32 Å². The molecule has 0 aliphatic rings. The van der Waals surface area contributed by atoms with Crippen LogP contribution in [0.25, 0.3) is 0 Å². The Bertz CT molecular complexity index is 587. The summed E-state index contributed by atoms with van der Waals surface area (Å²) in [5.74, 6) is 0. The van der Waals surface area contributed by atoms with Crippen molar-refractivity contribution in [3.8, 4) is 6.07 Å². The maximum Gasteiger partial charge on any atom is 0.103 e. The zero-order valence-electron chi connectivity index (χ0n) is 9.41. The summed E-state index contributed by atoms with van der Waals surface area (Å²) < 4.78 is 1.98. The van der Waals surface area contributed by atoms with Crippen LogP contribution in [0.15, 0.2) is 38.6 Å². The summed E-state index contributed by atoms with van der Waals surface area (Å²) in [4.78, 5) is 1.32. The van der Waals surface area contributed by atoms with Gasteiger partial charge in [0.2, 0.25) is 0 Å². The summed E-state index contributed by atoms with van der Waals surface area (Å²) in [6.07, 6.45) is 0.952. The van der Waals surface area contributed by atoms with E-state index in [0.29, 0.717) is 5.56 Å². The lowest BCUT2D eigenvalue weighted by Gasteiger charge is -2.08. The van der Waals surface area contributed by atoms with Crippen molar-refractivity contribution in [1.29, 1.82) is 5.26 Å². The molecule has 0 saturated carbocycles. The second-order valence-corrected chi connectivity index (χ2v) is 7.06. The largest absolute Gasteiger partial charge is 0.384 e. The smallest absolute Gasteiger partial charge is 0.103 e. The van der Waals surface area contributed by atoms with Crippen molar-refractivity contribution >= 4 is 48.9 Å². The highest BCUT2D eigenvalue weighted by Gasteiger charge is 2.05. The summed E-state index contributed by atoms with van der Waals surface area (Å²) in [5.41, 5.74) is 1.53. The minimum absolute atomic E-state index is 0.657. The summed E-state index contributed by atoms with van der Waals surface area (Å²) in [5, 5.41) is 12.4. The van der Waals surface area contributed by atoms with E-state index in [1.807, 2.05) is 18.2 Å². The maximum absolute atomic E-state index is 9.09. The number of halogens is 2. The van der Waals surface area contributed by atoms with Gasteiger partial charge in [0, 0.05) is 15.9 Å². The van der Waals surface area contributed by atoms with Crippen LogP contribution >= 0.6 is 43.2 Å². The lowest BCUT2D eigenvalue weighted by Crippen LogP contribution is -2.05. The Kier molecular flexibility index (Phi) is 4.81. The first-order chi connectivity index (χ1) is 8.70. The van der Waals surface area contributed by atoms with Crippen LogP contribution < -0.4 is 5.32 Å². The summed E-state index contributed by atoms with van der Waals surface area (Å²) in [7, 11) is 0. The van der Waals surface area contributed by atoms with Crippen molar-refractivity contribution in [1.82, 2.24) is 0 Å². The van der Waals surface area contributed by atoms with Gasteiger partial charge in [-0.05, 0) is 62.5 Å². The SMILES string of the molecule is N#Cc1c(Br)cccc1NCCc1ccc(Br)s1. The first kappa shape index (κ1) is 13.6. The molecule has 2 rings (SSSR count). The molecule has 1 heterocycles. The molecule has 0 fully saturated rings. The molecule has 0 radical (unpaired) electrons. The molecule has 1 aromatic carbocycles. The van der Waals surface area contributed by atoms with Gasteiger partial charge in [0.1, 0.15) is 6.07 Å². The Balaban J connectivity index is 1.99. The topological polar surface area (TPSA) is 35.8 Å². The summed E-state index contributed by atoms with van der Waals surface area (Å²) >= 11 is 8.57. The molecule has 1 aromatic heterocycles. The third-order valence-corrected chi connectivity index (χ3v) is 4.79. The quantitative estimate of drug-likeness (QED) is 0.820. The number of nitriles is 1. The molecule has 18 heavy (non-hydrogen) atoms. The molecular formula is C13H10Br2N2S. The van der Waals surface area contributed by atoms with Crippen molar-refractivity contribution in [3.05, 3.63) is 49.0 Å². The summed E-state index contributed by atoms with van der Waals surface area (Å²) in [6.45, 7) is 0.818. The Morgan fingerprint density at radius 1 is 1.22 bits per heavy atom. The highest BCUT2D eigenvalue weighted by molar-refractivity contribution is 9.11. The van der Waals surface area contributed by atoms with Crippen LogP contribution in [0.3, 0.4) is 0 Å². The third kappa shape index (κ3) is 3.35. The van der Waals surface area contributed by atoms with E-state index in [1.165, 1.54) is 4.88 Å². The Labute approximate surface area is 127 Å². The van der Waals surface area contributed by atoms with Crippen molar-refractivity contribution < 1.29 is 0 Å². The molecule has 0 bridgehead atoms. The molecule has 2 nitrogen and oxygen atoms in total. The molecular weight excluding hydrogens is 376 g/mol. The van der Waals surface area contributed by atoms with Crippen LogP contribution in [0.1, 0.15) is 10.4 Å². The van der Waals surface area contributed by atoms with Gasteiger partial charge in [-0.25, -0.2) is 0 Å². The lowest BCUT2D eigenvalue weighted by atomic mass is 10.2. The Hall–Kier alpha value is -0.830. The van der Waals surface area contributed by atoms with Gasteiger partial charge in [-0.1, -0.05) is 6.07 Å². The number of hydrogen-bond donors (Lipinski definition) is 1. The highest BCUT2D eigenvalue weighted by Crippen LogP contribution is 2.25. The highest BCUT2D eigenvalue weighted by atomic mass is 79.9. The van der Waals surface area contributed by atoms with E-state index in [1.54, 1.807) is 11.3 Å². The first-order valence-electron chi connectivity index (χ1n) is 5.37. The number of nitrogens with zero attached hydrogens (tertiary/aromatic N) is 1. The van der Waals surface area contributed by atoms with E-state index in [2.05, 4.69) is 55.4 Å². The molecule has 0 aliphatic heterocycles. The van der Waals surface area contributed by atoms with Crippen LogP contribution in [0.2, 0.25) is 0 Å². The third-order valence-electron chi connectivity index (χ3n) is 2.44. The molecule has 0 saturated heterocycles. The van der Waals surface area contributed by atoms with Gasteiger partial charge in [-0.2, -0.15) is 5.26 Å². The van der Waals surface area contributed by atoms with E-state index >= 15 is 0 Å². The van der Waals surface area contributed by atoms with E-state index in [9.17, 15) is 0 Å². The van der Waals surface area contributed by atoms with Gasteiger partial charge >= 0.3 is 0 Å². The number of nitrogens with one attached hydrogen (secondary N) is 1. The van der Waals surface area contributed by atoms with Crippen molar-refractivity contribution in [2.75, 3.05) is 11.9 Å². The molecule has 0 unspecified atom stereocenters. The van der Waals surface area contributed by atoms with E-state index in [4.69, 9.17) is 5.26 Å². The average molecular weight is 386 g/mol. The van der Waals surface area contributed by atoms with Crippen molar-refractivity contribution in [3.63, 3.8) is 0 Å². The number of thiophene rings is 1. The van der Waals surface area contributed by atoms with Crippen LogP contribution in [0.4, 0.5) is 5.69 Å². The molecule has 0 aliphatic carbocycles. The van der Waals surface area contributed by atoms with Crippen LogP contribution in [-0.4, -0.2) is 6.54 Å². The second kappa shape index (κ2) is 6.37. The first-order valence-corrected chi connectivity index (χ1v) is 7.77. The Morgan fingerprint density at radius 2 is 2.06 bits per heavy atom. The fraction of sp³-hybridized carbons (Fsp3) is 0.154. The van der Waals surface area contributed by atoms with Gasteiger partial charge in [0.05, 0.1) is 15.0 Å². The van der Waals surface area contributed by atoms with Gasteiger partial charge in [-0.3, -0.25) is 0 Å². The van der Waals surface area contributed by atoms with Gasteiger partial charge in [0.25, 0.3) is 0 Å².